The molecule has 3 rings (SSSR count). The van der Waals surface area contributed by atoms with E-state index < -0.39 is 11.5 Å². The fraction of sp³-hybridized carbons (Fsp3) is 0.333. The number of H-pyrrole nitrogens is 1. The van der Waals surface area contributed by atoms with E-state index in [2.05, 4.69) is 30.4 Å². The molecule has 0 aliphatic carbocycles. The Hall–Kier alpha value is -2.92. The van der Waals surface area contributed by atoms with E-state index in [0.717, 1.165) is 5.01 Å². The Morgan fingerprint density at radius 1 is 1.42 bits per heavy atom. The second-order valence-corrected chi connectivity index (χ2v) is 6.33. The molecule has 2 N–H and O–H groups in total. The van der Waals surface area contributed by atoms with Gasteiger partial charge in [-0.1, -0.05) is 5.16 Å². The summed E-state index contributed by atoms with van der Waals surface area (Å²) in [7, 11) is 1.53. The number of thiazole rings is 1. The highest BCUT2D eigenvalue weighted by Crippen LogP contribution is 2.16. The Bertz CT molecular complexity index is 963. The van der Waals surface area contributed by atoms with Crippen molar-refractivity contribution in [3.05, 3.63) is 44.2 Å². The maximum absolute atomic E-state index is 12.1. The summed E-state index contributed by atoms with van der Waals surface area (Å²) in [5.74, 6) is 0.602. The van der Waals surface area contributed by atoms with Crippen LogP contribution in [0.5, 0.6) is 0 Å². The molecule has 10 nitrogen and oxygen atoms in total. The molecule has 0 aliphatic heterocycles. The number of carbonyl (C=O) groups is 1. The minimum Gasteiger partial charge on any atom is -0.377 e. The molecule has 0 aromatic carbocycles. The number of nitrogens with one attached hydrogen (secondary N) is 2. The van der Waals surface area contributed by atoms with Gasteiger partial charge in [-0.3, -0.25) is 9.59 Å². The summed E-state index contributed by atoms with van der Waals surface area (Å²) >= 11 is 1.45. The zero-order valence-electron chi connectivity index (χ0n) is 14.1. The Morgan fingerprint density at radius 2 is 2.27 bits per heavy atom. The molecule has 3 aromatic rings. The minimum absolute atomic E-state index is 0.0775. The first kappa shape index (κ1) is 17.9. The molecule has 3 aromatic heterocycles. The van der Waals surface area contributed by atoms with Gasteiger partial charge in [0.1, 0.15) is 17.9 Å². The molecule has 1 amide bonds. The lowest BCUT2D eigenvalue weighted by molar-refractivity contribution is 0.0951. The van der Waals surface area contributed by atoms with Gasteiger partial charge in [-0.15, -0.1) is 11.3 Å². The topological polar surface area (TPSA) is 136 Å². The number of hydrogen-bond donors (Lipinski definition) is 2. The molecule has 0 bridgehead atoms. The van der Waals surface area contributed by atoms with E-state index in [1.54, 1.807) is 5.38 Å². The Balaban J connectivity index is 1.59. The quantitative estimate of drug-likeness (QED) is 0.615. The van der Waals surface area contributed by atoms with Gasteiger partial charge in [0, 0.05) is 31.7 Å². The number of nitrogens with zero attached hydrogens (tertiary/aromatic N) is 4. The summed E-state index contributed by atoms with van der Waals surface area (Å²) in [6, 6.07) is 0. The maximum atomic E-state index is 12.1. The van der Waals surface area contributed by atoms with Crippen molar-refractivity contribution in [3.8, 4) is 11.5 Å². The number of rotatable bonds is 7. The van der Waals surface area contributed by atoms with Crippen LogP contribution in [0.4, 0.5) is 0 Å². The molecular weight excluding hydrogens is 360 g/mol. The lowest BCUT2D eigenvalue weighted by Gasteiger charge is -2.03. The summed E-state index contributed by atoms with van der Waals surface area (Å²) in [4.78, 5) is 39.3. The summed E-state index contributed by atoms with van der Waals surface area (Å²) in [5.41, 5.74) is -0.0376. The van der Waals surface area contributed by atoms with Crippen molar-refractivity contribution in [2.45, 2.75) is 20.0 Å². The van der Waals surface area contributed by atoms with E-state index in [1.165, 1.54) is 24.6 Å². The first-order chi connectivity index (χ1) is 12.6. The number of ether oxygens (including phenoxy) is 1. The maximum Gasteiger partial charge on any atom is 0.264 e. The number of aromatic amines is 1. The predicted molar refractivity (Wildman–Crippen MR) is 91.8 cm³/mol. The van der Waals surface area contributed by atoms with E-state index >= 15 is 0 Å². The van der Waals surface area contributed by atoms with Crippen LogP contribution in [0, 0.1) is 6.92 Å². The van der Waals surface area contributed by atoms with Crippen LogP contribution in [-0.4, -0.2) is 44.7 Å². The van der Waals surface area contributed by atoms with E-state index in [4.69, 9.17) is 9.26 Å². The first-order valence-electron chi connectivity index (χ1n) is 7.67. The summed E-state index contributed by atoms with van der Waals surface area (Å²) in [6.07, 6.45) is 1.57. The van der Waals surface area contributed by atoms with Crippen LogP contribution in [0.3, 0.4) is 0 Å². The van der Waals surface area contributed by atoms with Crippen LogP contribution in [0.15, 0.2) is 20.9 Å². The van der Waals surface area contributed by atoms with E-state index in [9.17, 15) is 9.59 Å². The van der Waals surface area contributed by atoms with Crippen LogP contribution in [0.1, 0.15) is 27.1 Å². The van der Waals surface area contributed by atoms with Gasteiger partial charge in [0.2, 0.25) is 5.89 Å². The van der Waals surface area contributed by atoms with Gasteiger partial charge in [0.25, 0.3) is 11.5 Å². The standard InChI is InChI=1S/C15H16N6O4S/c1-8-18-10(7-26-8)13-17-5-9(15(23)20-13)14(22)16-4-3-12-19-11(6-24-2)21-25-12/h5,7H,3-4,6H2,1-2H3,(H,16,22)(H,17,20,23). The van der Waals surface area contributed by atoms with Gasteiger partial charge in [0.15, 0.2) is 11.6 Å². The van der Waals surface area contributed by atoms with Gasteiger partial charge < -0.3 is 19.6 Å². The Morgan fingerprint density at radius 3 is 2.96 bits per heavy atom. The summed E-state index contributed by atoms with van der Waals surface area (Å²) < 4.78 is 9.91. The molecule has 0 spiro atoms. The van der Waals surface area contributed by atoms with E-state index in [1.807, 2.05) is 6.92 Å². The zero-order chi connectivity index (χ0) is 18.5. The number of aryl methyl sites for hydroxylation is 1. The van der Waals surface area contributed by atoms with Crippen molar-refractivity contribution < 1.29 is 14.1 Å². The van der Waals surface area contributed by atoms with Crippen molar-refractivity contribution in [2.24, 2.45) is 0 Å². The highest BCUT2D eigenvalue weighted by Gasteiger charge is 2.14. The largest absolute Gasteiger partial charge is 0.377 e. The third-order valence-corrected chi connectivity index (χ3v) is 4.09. The molecule has 0 atom stereocenters. The molecule has 3 heterocycles. The Labute approximate surface area is 151 Å². The predicted octanol–water partition coefficient (Wildman–Crippen LogP) is 0.704. The molecule has 11 heteroatoms. The van der Waals surface area contributed by atoms with Gasteiger partial charge in [0.05, 0.1) is 5.01 Å². The molecule has 0 aliphatic rings. The monoisotopic (exact) mass is 376 g/mol. The number of aromatic nitrogens is 5. The zero-order valence-corrected chi connectivity index (χ0v) is 14.9. The molecule has 0 radical (unpaired) electrons. The molecule has 0 unspecified atom stereocenters. The van der Waals surface area contributed by atoms with Gasteiger partial charge >= 0.3 is 0 Å². The fourth-order valence-corrected chi connectivity index (χ4v) is 2.71. The first-order valence-corrected chi connectivity index (χ1v) is 8.55. The summed E-state index contributed by atoms with van der Waals surface area (Å²) in [5, 5.41) is 8.99. The van der Waals surface area contributed by atoms with Gasteiger partial charge in [-0.2, -0.15) is 4.98 Å². The SMILES string of the molecule is COCc1noc(CCNC(=O)c2cnc(-c3csc(C)n3)[nH]c2=O)n1. The smallest absolute Gasteiger partial charge is 0.264 e. The molecular formula is C15H16N6O4S. The molecule has 136 valence electrons. The lowest BCUT2D eigenvalue weighted by Crippen LogP contribution is -2.31. The minimum atomic E-state index is -0.531. The second-order valence-electron chi connectivity index (χ2n) is 5.27. The molecule has 0 saturated heterocycles. The number of methoxy groups -OCH3 is 1. The van der Waals surface area contributed by atoms with Gasteiger partial charge in [-0.05, 0) is 6.92 Å². The van der Waals surface area contributed by atoms with Crippen molar-refractivity contribution in [3.63, 3.8) is 0 Å². The normalized spacial score (nSPS) is 10.8. The van der Waals surface area contributed by atoms with Crippen LogP contribution in [0.2, 0.25) is 0 Å². The Kier molecular flexibility index (Phi) is 5.49. The van der Waals surface area contributed by atoms with Crippen molar-refractivity contribution in [1.29, 1.82) is 0 Å². The lowest BCUT2D eigenvalue weighted by atomic mass is 10.3. The molecule has 0 fully saturated rings. The average molecular weight is 376 g/mol. The average Bonchev–Trinajstić information content (AvgIpc) is 3.24. The van der Waals surface area contributed by atoms with Crippen LogP contribution in [0.25, 0.3) is 11.5 Å². The van der Waals surface area contributed by atoms with Crippen molar-refractivity contribution in [2.75, 3.05) is 13.7 Å². The van der Waals surface area contributed by atoms with Crippen molar-refractivity contribution >= 4 is 17.2 Å². The number of amides is 1. The van der Waals surface area contributed by atoms with Crippen LogP contribution >= 0.6 is 11.3 Å². The van der Waals surface area contributed by atoms with E-state index in [0.29, 0.717) is 29.7 Å². The highest BCUT2D eigenvalue weighted by atomic mass is 32.1. The third-order valence-electron chi connectivity index (χ3n) is 3.31. The number of hydrogen-bond acceptors (Lipinski definition) is 9. The summed E-state index contributed by atoms with van der Waals surface area (Å²) in [6.45, 7) is 2.34. The number of carbonyl (C=O) groups excluding carboxylic acids is 1. The van der Waals surface area contributed by atoms with Crippen LogP contribution in [-0.2, 0) is 17.8 Å². The molecule has 0 saturated carbocycles. The molecule has 26 heavy (non-hydrogen) atoms. The fourth-order valence-electron chi connectivity index (χ4n) is 2.12. The highest BCUT2D eigenvalue weighted by molar-refractivity contribution is 7.09. The van der Waals surface area contributed by atoms with Crippen molar-refractivity contribution in [1.82, 2.24) is 30.4 Å². The van der Waals surface area contributed by atoms with E-state index in [-0.39, 0.29) is 18.7 Å². The van der Waals surface area contributed by atoms with Crippen LogP contribution < -0.4 is 10.9 Å². The van der Waals surface area contributed by atoms with Gasteiger partial charge in [-0.25, -0.2) is 9.97 Å². The second kappa shape index (κ2) is 7.97. The third kappa shape index (κ3) is 4.18.